The van der Waals surface area contributed by atoms with Crippen molar-refractivity contribution in [3.8, 4) is 5.75 Å². The summed E-state index contributed by atoms with van der Waals surface area (Å²) in [6, 6.07) is 8.26. The van der Waals surface area contributed by atoms with Crippen molar-refractivity contribution in [1.82, 2.24) is 9.80 Å². The second-order valence-corrected chi connectivity index (χ2v) is 6.43. The molecule has 1 aliphatic heterocycles. The molecule has 0 atom stereocenters. The van der Waals surface area contributed by atoms with Crippen LogP contribution in [0.5, 0.6) is 5.75 Å². The molecule has 1 saturated heterocycles. The number of ether oxygens (including phenoxy) is 1. The molecule has 1 aliphatic carbocycles. The summed E-state index contributed by atoms with van der Waals surface area (Å²) < 4.78 is 5.29. The quantitative estimate of drug-likeness (QED) is 0.857. The molecular formula is C18H26N2O2. The SMILES string of the molecule is COc1cccc(CN2CCCN(C(=O)C3CCC3)CC2)c1. The molecule has 0 unspecified atom stereocenters. The number of rotatable bonds is 4. The van der Waals surface area contributed by atoms with Crippen molar-refractivity contribution in [3.63, 3.8) is 0 Å². The highest BCUT2D eigenvalue weighted by Gasteiger charge is 2.30. The molecule has 2 fully saturated rings. The van der Waals surface area contributed by atoms with Crippen LogP contribution in [-0.4, -0.2) is 49.0 Å². The van der Waals surface area contributed by atoms with Gasteiger partial charge in [0.2, 0.25) is 5.91 Å². The van der Waals surface area contributed by atoms with Crippen LogP contribution in [0.3, 0.4) is 0 Å². The van der Waals surface area contributed by atoms with Gasteiger partial charge in [0, 0.05) is 38.6 Å². The van der Waals surface area contributed by atoms with Gasteiger partial charge in [-0.2, -0.15) is 0 Å². The summed E-state index contributed by atoms with van der Waals surface area (Å²) >= 11 is 0. The van der Waals surface area contributed by atoms with E-state index in [0.717, 1.165) is 57.7 Å². The molecule has 1 amide bonds. The van der Waals surface area contributed by atoms with Gasteiger partial charge >= 0.3 is 0 Å². The molecule has 22 heavy (non-hydrogen) atoms. The molecule has 4 heteroatoms. The van der Waals surface area contributed by atoms with Crippen LogP contribution in [0, 0.1) is 5.92 Å². The minimum atomic E-state index is 0.324. The zero-order valence-corrected chi connectivity index (χ0v) is 13.5. The second-order valence-electron chi connectivity index (χ2n) is 6.43. The minimum absolute atomic E-state index is 0.324. The molecule has 1 saturated carbocycles. The monoisotopic (exact) mass is 302 g/mol. The smallest absolute Gasteiger partial charge is 0.225 e. The first-order valence-electron chi connectivity index (χ1n) is 8.40. The molecule has 1 heterocycles. The average Bonchev–Trinajstić information content (AvgIpc) is 2.71. The Bertz CT molecular complexity index is 514. The third kappa shape index (κ3) is 3.61. The molecule has 0 aromatic heterocycles. The van der Waals surface area contributed by atoms with Crippen LogP contribution in [0.1, 0.15) is 31.2 Å². The lowest BCUT2D eigenvalue weighted by Gasteiger charge is -2.31. The number of amides is 1. The first kappa shape index (κ1) is 15.3. The fraction of sp³-hybridized carbons (Fsp3) is 0.611. The van der Waals surface area contributed by atoms with E-state index in [1.54, 1.807) is 7.11 Å². The van der Waals surface area contributed by atoms with Gasteiger partial charge in [0.1, 0.15) is 5.75 Å². The molecule has 0 N–H and O–H groups in total. The number of hydrogen-bond acceptors (Lipinski definition) is 3. The van der Waals surface area contributed by atoms with Gasteiger partial charge in [0.25, 0.3) is 0 Å². The van der Waals surface area contributed by atoms with Gasteiger partial charge in [-0.15, -0.1) is 0 Å². The van der Waals surface area contributed by atoms with Crippen molar-refractivity contribution in [1.29, 1.82) is 0 Å². The summed E-state index contributed by atoms with van der Waals surface area (Å²) in [5, 5.41) is 0. The predicted molar refractivity (Wildman–Crippen MR) is 86.8 cm³/mol. The van der Waals surface area contributed by atoms with Crippen LogP contribution < -0.4 is 4.74 Å². The maximum Gasteiger partial charge on any atom is 0.225 e. The van der Waals surface area contributed by atoms with Crippen molar-refractivity contribution >= 4 is 5.91 Å². The van der Waals surface area contributed by atoms with Crippen LogP contribution in [0.2, 0.25) is 0 Å². The van der Waals surface area contributed by atoms with Gasteiger partial charge < -0.3 is 9.64 Å². The number of hydrogen-bond donors (Lipinski definition) is 0. The van der Waals surface area contributed by atoms with Crippen LogP contribution in [0.4, 0.5) is 0 Å². The van der Waals surface area contributed by atoms with Crippen molar-refractivity contribution in [3.05, 3.63) is 29.8 Å². The molecular weight excluding hydrogens is 276 g/mol. The standard InChI is InChI=1S/C18H26N2O2/c1-22-17-8-2-5-15(13-17)14-19-9-4-10-20(12-11-19)18(21)16-6-3-7-16/h2,5,8,13,16H,3-4,6-7,9-12,14H2,1H3. The van der Waals surface area contributed by atoms with Crippen LogP contribution in [0.25, 0.3) is 0 Å². The van der Waals surface area contributed by atoms with Crippen LogP contribution >= 0.6 is 0 Å². The molecule has 4 nitrogen and oxygen atoms in total. The minimum Gasteiger partial charge on any atom is -0.497 e. The lowest BCUT2D eigenvalue weighted by atomic mass is 9.84. The summed E-state index contributed by atoms with van der Waals surface area (Å²) in [4.78, 5) is 16.9. The number of nitrogens with zero attached hydrogens (tertiary/aromatic N) is 2. The molecule has 0 spiro atoms. The fourth-order valence-corrected chi connectivity index (χ4v) is 3.29. The average molecular weight is 302 g/mol. The molecule has 1 aromatic carbocycles. The topological polar surface area (TPSA) is 32.8 Å². The highest BCUT2D eigenvalue weighted by molar-refractivity contribution is 5.79. The van der Waals surface area contributed by atoms with E-state index >= 15 is 0 Å². The Labute approximate surface area is 133 Å². The summed E-state index contributed by atoms with van der Waals surface area (Å²) in [5.74, 6) is 1.63. The summed E-state index contributed by atoms with van der Waals surface area (Å²) in [5.41, 5.74) is 1.28. The Kier molecular flexibility index (Phi) is 4.98. The molecule has 0 radical (unpaired) electrons. The third-order valence-electron chi connectivity index (χ3n) is 4.89. The molecule has 120 valence electrons. The van der Waals surface area contributed by atoms with Gasteiger partial charge in [0.15, 0.2) is 0 Å². The maximum atomic E-state index is 12.4. The number of carbonyl (C=O) groups excluding carboxylic acids is 1. The predicted octanol–water partition coefficient (Wildman–Crippen LogP) is 2.53. The second kappa shape index (κ2) is 7.14. The summed E-state index contributed by atoms with van der Waals surface area (Å²) in [6.07, 6.45) is 4.50. The number of carbonyl (C=O) groups is 1. The van der Waals surface area contributed by atoms with Gasteiger partial charge in [-0.1, -0.05) is 18.6 Å². The van der Waals surface area contributed by atoms with Crippen molar-refractivity contribution in [2.45, 2.75) is 32.2 Å². The van der Waals surface area contributed by atoms with Gasteiger partial charge in [-0.3, -0.25) is 9.69 Å². The van der Waals surface area contributed by atoms with E-state index < -0.39 is 0 Å². The zero-order valence-electron chi connectivity index (χ0n) is 13.5. The van der Waals surface area contributed by atoms with Crippen LogP contribution in [-0.2, 0) is 11.3 Å². The first-order valence-corrected chi connectivity index (χ1v) is 8.40. The van der Waals surface area contributed by atoms with Crippen molar-refractivity contribution in [2.24, 2.45) is 5.92 Å². The Morgan fingerprint density at radius 3 is 2.77 bits per heavy atom. The van der Waals surface area contributed by atoms with E-state index in [4.69, 9.17) is 4.74 Å². The first-order chi connectivity index (χ1) is 10.8. The molecule has 1 aromatic rings. The Morgan fingerprint density at radius 1 is 1.18 bits per heavy atom. The zero-order chi connectivity index (χ0) is 15.4. The molecule has 2 aliphatic rings. The van der Waals surface area contributed by atoms with Gasteiger partial charge in [0.05, 0.1) is 7.11 Å². The summed E-state index contributed by atoms with van der Waals surface area (Å²) in [7, 11) is 1.70. The Morgan fingerprint density at radius 2 is 2.05 bits per heavy atom. The van der Waals surface area contributed by atoms with E-state index in [1.165, 1.54) is 12.0 Å². The Balaban J connectivity index is 1.54. The van der Waals surface area contributed by atoms with E-state index in [1.807, 2.05) is 12.1 Å². The fourth-order valence-electron chi connectivity index (χ4n) is 3.29. The summed E-state index contributed by atoms with van der Waals surface area (Å²) in [6.45, 7) is 4.76. The van der Waals surface area contributed by atoms with Crippen molar-refractivity contribution in [2.75, 3.05) is 33.3 Å². The molecule has 3 rings (SSSR count). The van der Waals surface area contributed by atoms with Crippen LogP contribution in [0.15, 0.2) is 24.3 Å². The van der Waals surface area contributed by atoms with Gasteiger partial charge in [-0.05, 0) is 37.0 Å². The lowest BCUT2D eigenvalue weighted by molar-refractivity contribution is -0.138. The maximum absolute atomic E-state index is 12.4. The van der Waals surface area contributed by atoms with E-state index in [-0.39, 0.29) is 0 Å². The normalized spacial score (nSPS) is 20.3. The van der Waals surface area contributed by atoms with Crippen molar-refractivity contribution < 1.29 is 9.53 Å². The highest BCUT2D eigenvalue weighted by Crippen LogP contribution is 2.28. The van der Waals surface area contributed by atoms with E-state index in [0.29, 0.717) is 11.8 Å². The highest BCUT2D eigenvalue weighted by atomic mass is 16.5. The Hall–Kier alpha value is -1.55. The van der Waals surface area contributed by atoms with Gasteiger partial charge in [-0.25, -0.2) is 0 Å². The lowest BCUT2D eigenvalue weighted by Crippen LogP contribution is -2.41. The number of methoxy groups -OCH3 is 1. The molecule has 0 bridgehead atoms. The van der Waals surface area contributed by atoms with E-state index in [2.05, 4.69) is 21.9 Å². The van der Waals surface area contributed by atoms with E-state index in [9.17, 15) is 4.79 Å². The largest absolute Gasteiger partial charge is 0.497 e. The third-order valence-corrected chi connectivity index (χ3v) is 4.89. The number of benzene rings is 1.